The molecular weight excluding hydrogens is 374 g/mol. The van der Waals surface area contributed by atoms with Crippen molar-refractivity contribution < 1.29 is 9.53 Å². The molecule has 2 aromatic rings. The largest absolute Gasteiger partial charge is 0.497 e. The molecule has 0 radical (unpaired) electrons. The molecule has 28 heavy (non-hydrogen) atoms. The Morgan fingerprint density at radius 1 is 1.04 bits per heavy atom. The lowest BCUT2D eigenvalue weighted by Crippen LogP contribution is -2.51. The predicted octanol–water partition coefficient (Wildman–Crippen LogP) is 4.24. The normalized spacial score (nSPS) is 14.0. The molecule has 0 aliphatic carbocycles. The van der Waals surface area contributed by atoms with Gasteiger partial charge in [-0.3, -0.25) is 0 Å². The summed E-state index contributed by atoms with van der Waals surface area (Å²) in [6.45, 7) is 7.43. The van der Waals surface area contributed by atoms with Gasteiger partial charge >= 0.3 is 6.03 Å². The average molecular weight is 402 g/mol. The van der Waals surface area contributed by atoms with Gasteiger partial charge in [-0.05, 0) is 54.8 Å². The zero-order chi connectivity index (χ0) is 19.2. The second kappa shape index (κ2) is 10.0. The summed E-state index contributed by atoms with van der Waals surface area (Å²) in [7, 11) is 1.64. The lowest BCUT2D eigenvalue weighted by atomic mass is 10.1. The molecule has 1 fully saturated rings. The predicted molar refractivity (Wildman–Crippen MR) is 118 cm³/mol. The first kappa shape index (κ1) is 21.6. The summed E-state index contributed by atoms with van der Waals surface area (Å²) < 4.78 is 5.14. The van der Waals surface area contributed by atoms with Gasteiger partial charge in [0.2, 0.25) is 0 Å². The molecule has 1 aliphatic rings. The fourth-order valence-corrected chi connectivity index (χ4v) is 3.24. The molecule has 1 N–H and O–H groups in total. The molecule has 3 rings (SSSR count). The Morgan fingerprint density at radius 3 is 2.36 bits per heavy atom. The van der Waals surface area contributed by atoms with Crippen molar-refractivity contribution >= 4 is 30.2 Å². The average Bonchev–Trinajstić information content (AvgIpc) is 2.70. The summed E-state index contributed by atoms with van der Waals surface area (Å²) in [6, 6.07) is 14.0. The van der Waals surface area contributed by atoms with E-state index in [0.29, 0.717) is 0 Å². The van der Waals surface area contributed by atoms with Gasteiger partial charge in [0.25, 0.3) is 0 Å². The van der Waals surface area contributed by atoms with Crippen LogP contribution in [0, 0.1) is 13.8 Å². The van der Waals surface area contributed by atoms with E-state index in [4.69, 9.17) is 4.74 Å². The van der Waals surface area contributed by atoms with Crippen molar-refractivity contribution in [2.75, 3.05) is 38.2 Å². The van der Waals surface area contributed by atoms with Crippen LogP contribution in [0.1, 0.15) is 16.7 Å². The van der Waals surface area contributed by atoms with E-state index in [-0.39, 0.29) is 18.4 Å². The molecule has 1 heterocycles. The van der Waals surface area contributed by atoms with Crippen molar-refractivity contribution in [1.29, 1.82) is 0 Å². The van der Waals surface area contributed by atoms with Crippen molar-refractivity contribution in [3.63, 3.8) is 0 Å². The summed E-state index contributed by atoms with van der Waals surface area (Å²) in [5, 5.41) is 2.86. The number of halogens is 1. The van der Waals surface area contributed by atoms with E-state index >= 15 is 0 Å². The quantitative estimate of drug-likeness (QED) is 0.833. The number of piperazine rings is 1. The third kappa shape index (κ3) is 5.20. The van der Waals surface area contributed by atoms with E-state index in [1.807, 2.05) is 35.2 Å². The lowest BCUT2D eigenvalue weighted by molar-refractivity contribution is 0.198. The number of hydrogen-bond acceptors (Lipinski definition) is 3. The first-order valence-electron chi connectivity index (χ1n) is 9.25. The summed E-state index contributed by atoms with van der Waals surface area (Å²) in [5.74, 6) is 0.818. The van der Waals surface area contributed by atoms with Gasteiger partial charge in [-0.25, -0.2) is 4.79 Å². The first-order valence-corrected chi connectivity index (χ1v) is 9.25. The highest BCUT2D eigenvalue weighted by atomic mass is 35.5. The molecule has 0 saturated carbocycles. The molecule has 5 nitrogen and oxygen atoms in total. The molecule has 0 aromatic heterocycles. The molecule has 150 valence electrons. The minimum absolute atomic E-state index is 0. The van der Waals surface area contributed by atoms with Crippen LogP contribution in [0.5, 0.6) is 5.75 Å². The highest BCUT2D eigenvalue weighted by Gasteiger charge is 2.21. The van der Waals surface area contributed by atoms with Crippen LogP contribution in [0.3, 0.4) is 0 Å². The van der Waals surface area contributed by atoms with E-state index in [0.717, 1.165) is 37.5 Å². The summed E-state index contributed by atoms with van der Waals surface area (Å²) in [6.07, 6.45) is 3.57. The minimum Gasteiger partial charge on any atom is -0.497 e. The van der Waals surface area contributed by atoms with Gasteiger partial charge in [0.15, 0.2) is 0 Å². The number of methoxy groups -OCH3 is 1. The molecule has 0 atom stereocenters. The number of rotatable bonds is 4. The van der Waals surface area contributed by atoms with Crippen molar-refractivity contribution in [2.24, 2.45) is 0 Å². The number of amides is 2. The molecule has 1 saturated heterocycles. The Balaban J connectivity index is 0.00000280. The SMILES string of the molecule is COc1ccc(/C=C/NC(=O)N2CCN(c3cccc(C)c3C)CC2)cc1.Cl. The molecule has 0 unspecified atom stereocenters. The number of nitrogens with one attached hydrogen (secondary N) is 1. The molecule has 6 heteroatoms. The van der Waals surface area contributed by atoms with E-state index in [1.165, 1.54) is 16.8 Å². The molecule has 2 aromatic carbocycles. The topological polar surface area (TPSA) is 44.8 Å². The Morgan fingerprint density at radius 2 is 1.71 bits per heavy atom. The van der Waals surface area contributed by atoms with Crippen LogP contribution < -0.4 is 15.0 Å². The molecule has 1 aliphatic heterocycles. The third-order valence-corrected chi connectivity index (χ3v) is 5.08. The second-order valence-corrected chi connectivity index (χ2v) is 6.75. The number of benzene rings is 2. The Kier molecular flexibility index (Phi) is 7.76. The zero-order valence-electron chi connectivity index (χ0n) is 16.6. The zero-order valence-corrected chi connectivity index (χ0v) is 17.5. The van der Waals surface area contributed by atoms with E-state index in [9.17, 15) is 4.79 Å². The van der Waals surface area contributed by atoms with Crippen molar-refractivity contribution in [3.8, 4) is 5.75 Å². The van der Waals surface area contributed by atoms with Crippen LogP contribution in [0.15, 0.2) is 48.7 Å². The minimum atomic E-state index is -0.0552. The van der Waals surface area contributed by atoms with E-state index in [2.05, 4.69) is 42.3 Å². The van der Waals surface area contributed by atoms with Gasteiger partial charge in [0.1, 0.15) is 5.75 Å². The summed E-state index contributed by atoms with van der Waals surface area (Å²) in [4.78, 5) is 16.6. The maximum Gasteiger partial charge on any atom is 0.321 e. The fourth-order valence-electron chi connectivity index (χ4n) is 3.24. The van der Waals surface area contributed by atoms with Gasteiger partial charge in [-0.1, -0.05) is 24.3 Å². The number of carbonyl (C=O) groups is 1. The van der Waals surface area contributed by atoms with Crippen LogP contribution in [-0.2, 0) is 0 Å². The number of aryl methyl sites for hydroxylation is 1. The van der Waals surface area contributed by atoms with Crippen molar-refractivity contribution in [1.82, 2.24) is 10.2 Å². The van der Waals surface area contributed by atoms with Crippen LogP contribution >= 0.6 is 12.4 Å². The Labute approximate surface area is 173 Å². The fraction of sp³-hybridized carbons (Fsp3) is 0.318. The van der Waals surface area contributed by atoms with Crippen molar-refractivity contribution in [2.45, 2.75) is 13.8 Å². The Hall–Kier alpha value is -2.66. The maximum atomic E-state index is 12.4. The van der Waals surface area contributed by atoms with Crippen LogP contribution in [-0.4, -0.2) is 44.2 Å². The maximum absolute atomic E-state index is 12.4. The third-order valence-electron chi connectivity index (χ3n) is 5.08. The molecule has 2 amide bonds. The first-order chi connectivity index (χ1) is 13.1. The summed E-state index contributed by atoms with van der Waals surface area (Å²) in [5.41, 5.74) is 4.90. The van der Waals surface area contributed by atoms with Gasteiger partial charge in [0, 0.05) is 38.1 Å². The van der Waals surface area contributed by atoms with Crippen molar-refractivity contribution in [3.05, 3.63) is 65.4 Å². The number of urea groups is 1. The van der Waals surface area contributed by atoms with Gasteiger partial charge in [0.05, 0.1) is 7.11 Å². The number of anilines is 1. The van der Waals surface area contributed by atoms with Gasteiger partial charge in [-0.2, -0.15) is 0 Å². The van der Waals surface area contributed by atoms with Crippen LogP contribution in [0.4, 0.5) is 10.5 Å². The van der Waals surface area contributed by atoms with Crippen LogP contribution in [0.25, 0.3) is 6.08 Å². The smallest absolute Gasteiger partial charge is 0.321 e. The number of ether oxygens (including phenoxy) is 1. The highest BCUT2D eigenvalue weighted by Crippen LogP contribution is 2.23. The standard InChI is InChI=1S/C22H27N3O2.ClH/c1-17-5-4-6-21(18(17)2)24-13-15-25(16-14-24)22(26)23-12-11-19-7-9-20(27-3)10-8-19;/h4-12H,13-16H2,1-3H3,(H,23,26);1H/b12-11+;. The highest BCUT2D eigenvalue weighted by molar-refractivity contribution is 5.85. The summed E-state index contributed by atoms with van der Waals surface area (Å²) >= 11 is 0. The molecular formula is C22H28ClN3O2. The lowest BCUT2D eigenvalue weighted by Gasteiger charge is -2.36. The van der Waals surface area contributed by atoms with E-state index in [1.54, 1.807) is 13.3 Å². The number of hydrogen-bond donors (Lipinski definition) is 1. The van der Waals surface area contributed by atoms with Crippen LogP contribution in [0.2, 0.25) is 0 Å². The number of nitrogens with zero attached hydrogens (tertiary/aromatic N) is 2. The Bertz CT molecular complexity index is 813. The monoisotopic (exact) mass is 401 g/mol. The van der Waals surface area contributed by atoms with E-state index < -0.39 is 0 Å². The number of carbonyl (C=O) groups excluding carboxylic acids is 1. The molecule has 0 spiro atoms. The molecule has 0 bridgehead atoms. The van der Waals surface area contributed by atoms with Gasteiger partial charge in [-0.15, -0.1) is 12.4 Å². The second-order valence-electron chi connectivity index (χ2n) is 6.75. The van der Waals surface area contributed by atoms with Gasteiger partial charge < -0.3 is 19.9 Å².